The van der Waals surface area contributed by atoms with E-state index in [1.165, 1.54) is 4.90 Å². The van der Waals surface area contributed by atoms with E-state index < -0.39 is 0 Å². The van der Waals surface area contributed by atoms with E-state index in [-0.39, 0.29) is 49.6 Å². The van der Waals surface area contributed by atoms with Crippen LogP contribution in [0.2, 0.25) is 0 Å². The summed E-state index contributed by atoms with van der Waals surface area (Å²) < 4.78 is 5.33. The maximum Gasteiger partial charge on any atom is 0.229 e. The summed E-state index contributed by atoms with van der Waals surface area (Å²) in [5, 5.41) is 0. The van der Waals surface area contributed by atoms with Crippen molar-refractivity contribution in [1.29, 1.82) is 0 Å². The fourth-order valence-corrected chi connectivity index (χ4v) is 2.69. The molecule has 6 heteroatoms. The summed E-state index contributed by atoms with van der Waals surface area (Å²) in [5.74, 6) is 0.229. The fourth-order valence-electron chi connectivity index (χ4n) is 2.69. The van der Waals surface area contributed by atoms with Crippen molar-refractivity contribution in [3.63, 3.8) is 0 Å². The van der Waals surface area contributed by atoms with Crippen LogP contribution < -0.4 is 4.74 Å². The number of carbonyl (C=O) groups is 3. The van der Waals surface area contributed by atoms with Crippen LogP contribution in [0.15, 0.2) is 24.3 Å². The zero-order valence-corrected chi connectivity index (χ0v) is 13.7. The van der Waals surface area contributed by atoms with E-state index in [1.807, 2.05) is 31.2 Å². The largest absolute Gasteiger partial charge is 0.496 e. The lowest BCUT2D eigenvalue weighted by molar-refractivity contribution is -0.139. The van der Waals surface area contributed by atoms with Gasteiger partial charge >= 0.3 is 0 Å². The molecule has 124 valence electrons. The summed E-state index contributed by atoms with van der Waals surface area (Å²) in [6, 6.07) is 7.38. The number of hydrogen-bond acceptors (Lipinski definition) is 4. The van der Waals surface area contributed by atoms with E-state index in [0.29, 0.717) is 0 Å². The second kappa shape index (κ2) is 7.26. The summed E-state index contributed by atoms with van der Waals surface area (Å²) in [5.41, 5.74) is 0.916. The van der Waals surface area contributed by atoms with Crippen LogP contribution >= 0.6 is 0 Å². The maximum atomic E-state index is 12.4. The minimum absolute atomic E-state index is 0.115. The topological polar surface area (TPSA) is 66.9 Å². The highest BCUT2D eigenvalue weighted by molar-refractivity contribution is 6.02. The number of rotatable bonds is 6. The minimum atomic E-state index is -0.191. The van der Waals surface area contributed by atoms with Crippen LogP contribution in [0.3, 0.4) is 0 Å². The Labute approximate surface area is 136 Å². The van der Waals surface area contributed by atoms with Gasteiger partial charge in [-0.25, -0.2) is 0 Å². The molecule has 1 aliphatic heterocycles. The van der Waals surface area contributed by atoms with Gasteiger partial charge in [-0.15, -0.1) is 0 Å². The monoisotopic (exact) mass is 318 g/mol. The third-order valence-electron chi connectivity index (χ3n) is 4.27. The molecule has 0 spiro atoms. The van der Waals surface area contributed by atoms with Crippen LogP contribution in [0, 0.1) is 0 Å². The fraction of sp³-hybridized carbons (Fsp3) is 0.471. The second-order valence-electron chi connectivity index (χ2n) is 5.61. The highest BCUT2D eigenvalue weighted by Crippen LogP contribution is 2.28. The molecule has 1 aliphatic rings. The second-order valence-corrected chi connectivity index (χ2v) is 5.61. The molecule has 1 atom stereocenters. The number of para-hydroxylation sites is 1. The first kappa shape index (κ1) is 17.0. The van der Waals surface area contributed by atoms with Crippen LogP contribution in [-0.4, -0.2) is 48.2 Å². The van der Waals surface area contributed by atoms with Crippen molar-refractivity contribution in [3.8, 4) is 5.75 Å². The molecule has 0 aromatic heterocycles. The van der Waals surface area contributed by atoms with Gasteiger partial charge in [-0.3, -0.25) is 19.3 Å². The predicted octanol–water partition coefficient (Wildman–Crippen LogP) is 1.75. The molecule has 0 radical (unpaired) electrons. The molecule has 1 aromatic carbocycles. The number of methoxy groups -OCH3 is 1. The van der Waals surface area contributed by atoms with Gasteiger partial charge in [0.15, 0.2) is 0 Å². The van der Waals surface area contributed by atoms with Gasteiger partial charge in [0.05, 0.1) is 13.2 Å². The van der Waals surface area contributed by atoms with Gasteiger partial charge in [0.2, 0.25) is 17.7 Å². The third kappa shape index (κ3) is 3.70. The molecule has 2 rings (SSSR count). The van der Waals surface area contributed by atoms with Crippen molar-refractivity contribution in [3.05, 3.63) is 29.8 Å². The molecule has 0 N–H and O–H groups in total. The molecule has 3 amide bonds. The average molecular weight is 318 g/mol. The smallest absolute Gasteiger partial charge is 0.229 e. The van der Waals surface area contributed by atoms with Crippen LogP contribution in [0.4, 0.5) is 0 Å². The Morgan fingerprint density at radius 1 is 1.26 bits per heavy atom. The van der Waals surface area contributed by atoms with E-state index in [2.05, 4.69) is 0 Å². The van der Waals surface area contributed by atoms with E-state index >= 15 is 0 Å². The summed E-state index contributed by atoms with van der Waals surface area (Å²) in [6.07, 6.45) is 0.633. The van der Waals surface area contributed by atoms with Gasteiger partial charge in [-0.05, 0) is 13.0 Å². The number of imide groups is 1. The molecule has 6 nitrogen and oxygen atoms in total. The zero-order valence-electron chi connectivity index (χ0n) is 13.7. The molecule has 0 saturated carbocycles. The number of amides is 3. The number of likely N-dealkylation sites (tertiary alicyclic amines) is 1. The summed E-state index contributed by atoms with van der Waals surface area (Å²) in [4.78, 5) is 38.3. The molecule has 1 fully saturated rings. The highest BCUT2D eigenvalue weighted by Gasteiger charge is 2.29. The van der Waals surface area contributed by atoms with Crippen molar-refractivity contribution in [1.82, 2.24) is 9.80 Å². The van der Waals surface area contributed by atoms with E-state index in [1.54, 1.807) is 19.1 Å². The van der Waals surface area contributed by atoms with Crippen molar-refractivity contribution in [2.75, 3.05) is 20.7 Å². The van der Waals surface area contributed by atoms with E-state index in [9.17, 15) is 14.4 Å². The maximum absolute atomic E-state index is 12.4. The quantitative estimate of drug-likeness (QED) is 0.750. The van der Waals surface area contributed by atoms with Gasteiger partial charge < -0.3 is 9.64 Å². The molecule has 0 aliphatic carbocycles. The molecular formula is C17H22N2O4. The lowest BCUT2D eigenvalue weighted by Gasteiger charge is -2.27. The van der Waals surface area contributed by atoms with E-state index in [0.717, 1.165) is 11.3 Å². The molecule has 1 unspecified atom stereocenters. The first-order chi connectivity index (χ1) is 11.0. The van der Waals surface area contributed by atoms with Crippen LogP contribution in [0.5, 0.6) is 5.75 Å². The first-order valence-electron chi connectivity index (χ1n) is 7.67. The molecule has 0 bridgehead atoms. The normalized spacial score (nSPS) is 15.7. The zero-order chi connectivity index (χ0) is 17.0. The SMILES string of the molecule is COc1ccccc1C(C)N(C)C(=O)CCN1C(=O)CCC1=O. The Hall–Kier alpha value is -2.37. The van der Waals surface area contributed by atoms with Crippen molar-refractivity contribution < 1.29 is 19.1 Å². The van der Waals surface area contributed by atoms with Crippen molar-refractivity contribution >= 4 is 17.7 Å². The van der Waals surface area contributed by atoms with Gasteiger partial charge in [-0.1, -0.05) is 18.2 Å². The van der Waals surface area contributed by atoms with Crippen molar-refractivity contribution in [2.24, 2.45) is 0 Å². The third-order valence-corrected chi connectivity index (χ3v) is 4.27. The van der Waals surface area contributed by atoms with Crippen molar-refractivity contribution in [2.45, 2.75) is 32.2 Å². The molecular weight excluding hydrogens is 296 g/mol. The molecule has 1 saturated heterocycles. The van der Waals surface area contributed by atoms with Crippen LogP contribution in [-0.2, 0) is 14.4 Å². The lowest BCUT2D eigenvalue weighted by atomic mass is 10.1. The standard InChI is InChI=1S/C17H22N2O4/c1-12(13-6-4-5-7-14(13)23-3)18(2)15(20)10-11-19-16(21)8-9-17(19)22/h4-7,12H,8-11H2,1-3H3. The van der Waals surface area contributed by atoms with Gasteiger partial charge in [0, 0.05) is 38.4 Å². The van der Waals surface area contributed by atoms with Gasteiger partial charge in [0.1, 0.15) is 5.75 Å². The number of carbonyl (C=O) groups excluding carboxylic acids is 3. The average Bonchev–Trinajstić information content (AvgIpc) is 2.89. The number of benzene rings is 1. The minimum Gasteiger partial charge on any atom is -0.496 e. The Bertz CT molecular complexity index is 598. The Kier molecular flexibility index (Phi) is 5.36. The Morgan fingerprint density at radius 2 is 1.87 bits per heavy atom. The predicted molar refractivity (Wildman–Crippen MR) is 84.8 cm³/mol. The van der Waals surface area contributed by atoms with Crippen LogP contribution in [0.25, 0.3) is 0 Å². The van der Waals surface area contributed by atoms with Gasteiger partial charge in [0.25, 0.3) is 0 Å². The molecule has 1 heterocycles. The summed E-state index contributed by atoms with van der Waals surface area (Å²) >= 11 is 0. The highest BCUT2D eigenvalue weighted by atomic mass is 16.5. The van der Waals surface area contributed by atoms with E-state index in [4.69, 9.17) is 4.74 Å². The lowest BCUT2D eigenvalue weighted by Crippen LogP contribution is -2.36. The first-order valence-corrected chi connectivity index (χ1v) is 7.67. The van der Waals surface area contributed by atoms with Gasteiger partial charge in [-0.2, -0.15) is 0 Å². The Balaban J connectivity index is 1.99. The summed E-state index contributed by atoms with van der Waals surface area (Å²) in [6.45, 7) is 2.07. The molecule has 23 heavy (non-hydrogen) atoms. The Morgan fingerprint density at radius 3 is 2.48 bits per heavy atom. The number of nitrogens with zero attached hydrogens (tertiary/aromatic N) is 2. The molecule has 1 aromatic rings. The number of hydrogen-bond donors (Lipinski definition) is 0. The van der Waals surface area contributed by atoms with Crippen LogP contribution in [0.1, 0.15) is 37.8 Å². The number of ether oxygens (including phenoxy) is 1. The summed E-state index contributed by atoms with van der Waals surface area (Å²) in [7, 11) is 3.31.